The number of benzene rings is 1. The predicted molar refractivity (Wildman–Crippen MR) is 64.6 cm³/mol. The SMILES string of the molecule is Cc1cc(Cl)ccc1OCCC(C)(C)N. The standard InChI is InChI=1S/C12H18ClNO/c1-9-8-10(13)4-5-11(9)15-7-6-12(2,3)14/h4-5,8H,6-7,14H2,1-3H3. The summed E-state index contributed by atoms with van der Waals surface area (Å²) in [6.07, 6.45) is 0.828. The van der Waals surface area contributed by atoms with Crippen LogP contribution in [0.3, 0.4) is 0 Å². The van der Waals surface area contributed by atoms with E-state index in [1.807, 2.05) is 39.0 Å². The van der Waals surface area contributed by atoms with Crippen molar-refractivity contribution in [3.05, 3.63) is 28.8 Å². The van der Waals surface area contributed by atoms with E-state index in [9.17, 15) is 0 Å². The molecule has 0 aliphatic carbocycles. The number of hydrogen-bond donors (Lipinski definition) is 1. The van der Waals surface area contributed by atoms with Crippen LogP contribution in [0.25, 0.3) is 0 Å². The first-order valence-electron chi connectivity index (χ1n) is 5.06. The van der Waals surface area contributed by atoms with E-state index in [1.165, 1.54) is 0 Å². The van der Waals surface area contributed by atoms with Crippen LogP contribution in [0, 0.1) is 6.92 Å². The maximum absolute atomic E-state index is 5.86. The molecule has 2 nitrogen and oxygen atoms in total. The molecule has 0 amide bonds. The van der Waals surface area contributed by atoms with E-state index in [2.05, 4.69) is 0 Å². The molecule has 0 saturated heterocycles. The van der Waals surface area contributed by atoms with Gasteiger partial charge in [0.2, 0.25) is 0 Å². The van der Waals surface area contributed by atoms with E-state index in [1.54, 1.807) is 0 Å². The van der Waals surface area contributed by atoms with Crippen molar-refractivity contribution >= 4 is 11.6 Å². The van der Waals surface area contributed by atoms with Gasteiger partial charge in [0.05, 0.1) is 6.61 Å². The number of ether oxygens (including phenoxy) is 1. The molecule has 3 heteroatoms. The smallest absolute Gasteiger partial charge is 0.122 e. The van der Waals surface area contributed by atoms with Crippen molar-refractivity contribution < 1.29 is 4.74 Å². The molecule has 1 rings (SSSR count). The van der Waals surface area contributed by atoms with E-state index in [0.29, 0.717) is 6.61 Å². The molecule has 0 saturated carbocycles. The van der Waals surface area contributed by atoms with E-state index in [0.717, 1.165) is 22.8 Å². The maximum atomic E-state index is 5.86. The maximum Gasteiger partial charge on any atom is 0.122 e. The summed E-state index contributed by atoms with van der Waals surface area (Å²) >= 11 is 5.85. The molecule has 1 aromatic rings. The average molecular weight is 228 g/mol. The summed E-state index contributed by atoms with van der Waals surface area (Å²) in [6, 6.07) is 5.61. The van der Waals surface area contributed by atoms with Gasteiger partial charge in [-0.2, -0.15) is 0 Å². The summed E-state index contributed by atoms with van der Waals surface area (Å²) in [5.41, 5.74) is 6.73. The Morgan fingerprint density at radius 1 is 1.40 bits per heavy atom. The zero-order chi connectivity index (χ0) is 11.5. The van der Waals surface area contributed by atoms with Gasteiger partial charge in [0.25, 0.3) is 0 Å². The van der Waals surface area contributed by atoms with Gasteiger partial charge in [0.1, 0.15) is 5.75 Å². The Bertz CT molecular complexity index is 331. The highest BCUT2D eigenvalue weighted by Gasteiger charge is 2.10. The third-order valence-corrected chi connectivity index (χ3v) is 2.38. The van der Waals surface area contributed by atoms with Gasteiger partial charge in [-0.3, -0.25) is 0 Å². The summed E-state index contributed by atoms with van der Waals surface area (Å²) in [7, 11) is 0. The molecule has 2 N–H and O–H groups in total. The van der Waals surface area contributed by atoms with Gasteiger partial charge >= 0.3 is 0 Å². The third-order valence-electron chi connectivity index (χ3n) is 2.14. The monoisotopic (exact) mass is 227 g/mol. The molecule has 0 spiro atoms. The number of rotatable bonds is 4. The Labute approximate surface area is 96.4 Å². The lowest BCUT2D eigenvalue weighted by atomic mass is 10.0. The predicted octanol–water partition coefficient (Wildman–Crippen LogP) is 3.15. The first-order chi connectivity index (χ1) is 6.88. The summed E-state index contributed by atoms with van der Waals surface area (Å²) < 4.78 is 5.63. The largest absolute Gasteiger partial charge is 0.493 e. The van der Waals surface area contributed by atoms with Gasteiger partial charge in [0.15, 0.2) is 0 Å². The Hall–Kier alpha value is -0.730. The molecule has 0 aliphatic rings. The first kappa shape index (κ1) is 12.3. The minimum atomic E-state index is -0.180. The molecule has 0 atom stereocenters. The highest BCUT2D eigenvalue weighted by atomic mass is 35.5. The van der Waals surface area contributed by atoms with Crippen LogP contribution in [0.1, 0.15) is 25.8 Å². The summed E-state index contributed by atoms with van der Waals surface area (Å²) in [5.74, 6) is 0.878. The molecule has 0 aromatic heterocycles. The Morgan fingerprint density at radius 2 is 2.07 bits per heavy atom. The third kappa shape index (κ3) is 4.54. The second kappa shape index (κ2) is 4.86. The van der Waals surface area contributed by atoms with Crippen LogP contribution in [-0.4, -0.2) is 12.1 Å². The number of hydrogen-bond acceptors (Lipinski definition) is 2. The van der Waals surface area contributed by atoms with Crippen LogP contribution in [-0.2, 0) is 0 Å². The fourth-order valence-electron chi connectivity index (χ4n) is 1.20. The summed E-state index contributed by atoms with van der Waals surface area (Å²) in [5, 5.41) is 0.735. The van der Waals surface area contributed by atoms with Gasteiger partial charge in [0, 0.05) is 10.6 Å². The Balaban J connectivity index is 2.51. The molecule has 1 aromatic carbocycles. The Kier molecular flexibility index (Phi) is 4.00. The zero-order valence-corrected chi connectivity index (χ0v) is 10.3. The number of halogens is 1. The van der Waals surface area contributed by atoms with Crippen molar-refractivity contribution in [2.24, 2.45) is 5.73 Å². The van der Waals surface area contributed by atoms with Gasteiger partial charge in [-0.1, -0.05) is 11.6 Å². The van der Waals surface area contributed by atoms with E-state index in [-0.39, 0.29) is 5.54 Å². The van der Waals surface area contributed by atoms with Crippen molar-refractivity contribution in [2.75, 3.05) is 6.61 Å². The molecule has 0 aliphatic heterocycles. The van der Waals surface area contributed by atoms with E-state index < -0.39 is 0 Å². The first-order valence-corrected chi connectivity index (χ1v) is 5.44. The summed E-state index contributed by atoms with van der Waals surface area (Å²) in [6.45, 7) is 6.59. The van der Waals surface area contributed by atoms with Crippen LogP contribution < -0.4 is 10.5 Å². The number of aryl methyl sites for hydroxylation is 1. The lowest BCUT2D eigenvalue weighted by molar-refractivity contribution is 0.272. The van der Waals surface area contributed by atoms with Crippen molar-refractivity contribution in [3.63, 3.8) is 0 Å². The molecular formula is C12H18ClNO. The lowest BCUT2D eigenvalue weighted by Crippen LogP contribution is -2.33. The lowest BCUT2D eigenvalue weighted by Gasteiger charge is -2.18. The van der Waals surface area contributed by atoms with Gasteiger partial charge < -0.3 is 10.5 Å². The number of nitrogens with two attached hydrogens (primary N) is 1. The van der Waals surface area contributed by atoms with Gasteiger partial charge in [-0.15, -0.1) is 0 Å². The molecule has 0 bridgehead atoms. The topological polar surface area (TPSA) is 35.2 Å². The highest BCUT2D eigenvalue weighted by Crippen LogP contribution is 2.22. The fourth-order valence-corrected chi connectivity index (χ4v) is 1.43. The molecule has 15 heavy (non-hydrogen) atoms. The Morgan fingerprint density at radius 3 is 2.60 bits per heavy atom. The molecule has 0 fully saturated rings. The second-order valence-electron chi connectivity index (χ2n) is 4.50. The molecule has 0 heterocycles. The van der Waals surface area contributed by atoms with E-state index >= 15 is 0 Å². The van der Waals surface area contributed by atoms with Crippen molar-refractivity contribution in [2.45, 2.75) is 32.7 Å². The minimum absolute atomic E-state index is 0.180. The normalized spacial score (nSPS) is 11.5. The highest BCUT2D eigenvalue weighted by molar-refractivity contribution is 6.30. The van der Waals surface area contributed by atoms with Crippen molar-refractivity contribution in [1.82, 2.24) is 0 Å². The van der Waals surface area contributed by atoms with Crippen LogP contribution >= 0.6 is 11.6 Å². The summed E-state index contributed by atoms with van der Waals surface area (Å²) in [4.78, 5) is 0. The van der Waals surface area contributed by atoms with Crippen molar-refractivity contribution in [1.29, 1.82) is 0 Å². The molecule has 84 valence electrons. The van der Waals surface area contributed by atoms with Crippen molar-refractivity contribution in [3.8, 4) is 5.75 Å². The minimum Gasteiger partial charge on any atom is -0.493 e. The van der Waals surface area contributed by atoms with Crippen LogP contribution in [0.2, 0.25) is 5.02 Å². The zero-order valence-electron chi connectivity index (χ0n) is 9.51. The molecular weight excluding hydrogens is 210 g/mol. The second-order valence-corrected chi connectivity index (χ2v) is 4.93. The van der Waals surface area contributed by atoms with Crippen LogP contribution in [0.4, 0.5) is 0 Å². The quantitative estimate of drug-likeness (QED) is 0.858. The van der Waals surface area contributed by atoms with Crippen LogP contribution in [0.5, 0.6) is 5.75 Å². The van der Waals surface area contributed by atoms with Crippen LogP contribution in [0.15, 0.2) is 18.2 Å². The van der Waals surface area contributed by atoms with E-state index in [4.69, 9.17) is 22.1 Å². The fraction of sp³-hybridized carbons (Fsp3) is 0.500. The average Bonchev–Trinajstić information content (AvgIpc) is 2.07. The van der Waals surface area contributed by atoms with Gasteiger partial charge in [-0.05, 0) is 51.0 Å². The molecule has 0 unspecified atom stereocenters. The molecule has 0 radical (unpaired) electrons. The van der Waals surface area contributed by atoms with Gasteiger partial charge in [-0.25, -0.2) is 0 Å².